The molecule has 0 amide bonds. The number of aryl methyl sites for hydroxylation is 4. The number of hydrogen-bond donors (Lipinski definition) is 0. The van der Waals surface area contributed by atoms with Gasteiger partial charge >= 0.3 is 0 Å². The summed E-state index contributed by atoms with van der Waals surface area (Å²) in [6.45, 7) is 13.8. The molecule has 1 saturated carbocycles. The second kappa shape index (κ2) is 10.9. The first-order chi connectivity index (χ1) is 25.3. The van der Waals surface area contributed by atoms with Crippen LogP contribution in [0.25, 0.3) is 28.5 Å². The number of para-hydroxylation sites is 1. The van der Waals surface area contributed by atoms with Gasteiger partial charge < -0.3 is 9.80 Å². The summed E-state index contributed by atoms with van der Waals surface area (Å²) in [5.74, 6) is 3.83. The number of benzene rings is 4. The standard InChI is InChI=1S/C46H47N6/c1-8-45-26-36(46(45,9-2)35-20-14-12-18-33(35)43-50(22-23-51(43)45)40-30(5)24-28(3)25-31(40)6)39-34-19-13-15-21-37(34)52-38-27-47-41(32-17-11-10-16-29(32)4)48-42(38)49(7)44(39)52/h10-25,27,36,39,44H,8-9,26H2,1-7H3/q+1. The van der Waals surface area contributed by atoms with E-state index in [4.69, 9.17) is 9.97 Å². The highest BCUT2D eigenvalue weighted by Gasteiger charge is 2.74. The van der Waals surface area contributed by atoms with Crippen LogP contribution in [0.5, 0.6) is 0 Å². The zero-order valence-electron chi connectivity index (χ0n) is 31.4. The molecule has 260 valence electrons. The van der Waals surface area contributed by atoms with Crippen molar-refractivity contribution in [2.45, 2.75) is 83.8 Å². The van der Waals surface area contributed by atoms with Gasteiger partial charge in [0, 0.05) is 29.6 Å². The Hall–Kier alpha value is -5.23. The van der Waals surface area contributed by atoms with Gasteiger partial charge in [0.05, 0.1) is 11.8 Å². The Morgan fingerprint density at radius 2 is 1.52 bits per heavy atom. The first-order valence-electron chi connectivity index (χ1n) is 19.1. The van der Waals surface area contributed by atoms with Crippen molar-refractivity contribution in [3.05, 3.63) is 137 Å². The maximum Gasteiger partial charge on any atom is 0.294 e. The third-order valence-electron chi connectivity index (χ3n) is 13.7. The van der Waals surface area contributed by atoms with Crippen molar-refractivity contribution in [3.8, 4) is 28.5 Å². The molecule has 5 atom stereocenters. The molecule has 0 radical (unpaired) electrons. The Bertz CT molecular complexity index is 2420. The highest BCUT2D eigenvalue weighted by molar-refractivity contribution is 5.86. The molecule has 1 fully saturated rings. The molecule has 2 aromatic heterocycles. The zero-order valence-corrected chi connectivity index (χ0v) is 31.4. The number of anilines is 3. The van der Waals surface area contributed by atoms with E-state index in [0.717, 1.165) is 42.2 Å². The van der Waals surface area contributed by atoms with E-state index in [2.05, 4.69) is 171 Å². The lowest BCUT2D eigenvalue weighted by molar-refractivity contribution is -0.787. The molecule has 3 aliphatic heterocycles. The summed E-state index contributed by atoms with van der Waals surface area (Å²) >= 11 is 0. The van der Waals surface area contributed by atoms with Crippen molar-refractivity contribution in [3.63, 3.8) is 0 Å². The quantitative estimate of drug-likeness (QED) is 0.170. The van der Waals surface area contributed by atoms with Crippen LogP contribution in [0.1, 0.15) is 72.4 Å². The fourth-order valence-electron chi connectivity index (χ4n) is 11.8. The minimum atomic E-state index is -0.0546. The maximum absolute atomic E-state index is 5.29. The first kappa shape index (κ1) is 31.5. The smallest absolute Gasteiger partial charge is 0.294 e. The van der Waals surface area contributed by atoms with Gasteiger partial charge in [-0.05, 0) is 92.8 Å². The maximum atomic E-state index is 5.29. The minimum absolute atomic E-state index is 0.0436. The van der Waals surface area contributed by atoms with E-state index in [1.165, 1.54) is 56.1 Å². The molecule has 0 N–H and O–H groups in total. The van der Waals surface area contributed by atoms with Crippen LogP contribution in [0.4, 0.5) is 17.2 Å². The van der Waals surface area contributed by atoms with Gasteiger partial charge in [-0.2, -0.15) is 4.57 Å². The first-order valence-corrected chi connectivity index (χ1v) is 19.1. The van der Waals surface area contributed by atoms with Crippen molar-refractivity contribution in [2.24, 2.45) is 5.92 Å². The zero-order chi connectivity index (χ0) is 35.7. The van der Waals surface area contributed by atoms with Gasteiger partial charge in [-0.3, -0.25) is 0 Å². The van der Waals surface area contributed by atoms with Crippen LogP contribution in [0, 0.1) is 33.6 Å². The SMILES string of the molecule is CCC12c3ccccc3-c3n(-c4c(C)cc(C)cc4C)cc[n+]3C1(CC)CC2C1c2ccccc2N2c3cnc(-c4ccccc4C)nc3N(C)C12. The Morgan fingerprint density at radius 1 is 0.808 bits per heavy atom. The molecule has 5 heterocycles. The molecule has 6 aromatic rings. The molecule has 0 bridgehead atoms. The second-order valence-electron chi connectivity index (χ2n) is 15.9. The van der Waals surface area contributed by atoms with Crippen LogP contribution in [0.15, 0.2) is 104 Å². The van der Waals surface area contributed by atoms with E-state index >= 15 is 0 Å². The van der Waals surface area contributed by atoms with Crippen molar-refractivity contribution in [1.82, 2.24) is 14.5 Å². The van der Waals surface area contributed by atoms with Crippen molar-refractivity contribution in [2.75, 3.05) is 16.8 Å². The summed E-state index contributed by atoms with van der Waals surface area (Å²) in [7, 11) is 2.26. The lowest BCUT2D eigenvalue weighted by Crippen LogP contribution is -2.80. The van der Waals surface area contributed by atoms with E-state index in [1.807, 2.05) is 0 Å². The molecular formula is C46H47N6+. The van der Waals surface area contributed by atoms with E-state index in [1.54, 1.807) is 0 Å². The van der Waals surface area contributed by atoms with Gasteiger partial charge in [0.1, 0.15) is 35.5 Å². The highest BCUT2D eigenvalue weighted by Crippen LogP contribution is 2.71. The summed E-state index contributed by atoms with van der Waals surface area (Å²) in [5, 5.41) is 0. The van der Waals surface area contributed by atoms with Crippen LogP contribution in [0.2, 0.25) is 0 Å². The Labute approximate surface area is 307 Å². The summed E-state index contributed by atoms with van der Waals surface area (Å²) in [5.41, 5.74) is 14.2. The largest absolute Gasteiger partial charge is 0.336 e. The monoisotopic (exact) mass is 683 g/mol. The molecule has 0 saturated heterocycles. The number of nitrogens with zero attached hydrogens (tertiary/aromatic N) is 6. The molecule has 5 unspecified atom stereocenters. The van der Waals surface area contributed by atoms with Gasteiger partial charge in [0.25, 0.3) is 5.82 Å². The van der Waals surface area contributed by atoms with Gasteiger partial charge in [-0.1, -0.05) is 92.2 Å². The summed E-state index contributed by atoms with van der Waals surface area (Å²) in [6.07, 6.45) is 10.2. The van der Waals surface area contributed by atoms with Crippen molar-refractivity contribution >= 4 is 17.2 Å². The minimum Gasteiger partial charge on any atom is -0.336 e. The van der Waals surface area contributed by atoms with Gasteiger partial charge in [0.15, 0.2) is 11.6 Å². The number of rotatable bonds is 5. The average molecular weight is 684 g/mol. The number of imidazole rings is 1. The highest BCUT2D eigenvalue weighted by atomic mass is 15.5. The molecule has 6 nitrogen and oxygen atoms in total. The number of fused-ring (bicyclic) bond motifs is 11. The fourth-order valence-corrected chi connectivity index (χ4v) is 11.8. The molecule has 6 heteroatoms. The summed E-state index contributed by atoms with van der Waals surface area (Å²) < 4.78 is 5.20. The molecule has 1 aliphatic carbocycles. The van der Waals surface area contributed by atoms with E-state index in [0.29, 0.717) is 5.92 Å². The second-order valence-corrected chi connectivity index (χ2v) is 15.9. The Morgan fingerprint density at radius 3 is 2.27 bits per heavy atom. The number of likely N-dealkylation sites (N-methyl/N-ethyl adjacent to an activating group) is 1. The third-order valence-corrected chi connectivity index (χ3v) is 13.7. The molecule has 4 aromatic carbocycles. The molecular weight excluding hydrogens is 637 g/mol. The predicted molar refractivity (Wildman–Crippen MR) is 210 cm³/mol. The molecule has 52 heavy (non-hydrogen) atoms. The Balaban J connectivity index is 1.14. The summed E-state index contributed by atoms with van der Waals surface area (Å²) in [6, 6.07) is 31.6. The average Bonchev–Trinajstić information content (AvgIpc) is 3.80. The summed E-state index contributed by atoms with van der Waals surface area (Å²) in [4.78, 5) is 15.3. The van der Waals surface area contributed by atoms with Gasteiger partial charge in [-0.15, -0.1) is 0 Å². The topological polar surface area (TPSA) is 41.1 Å². The predicted octanol–water partition coefficient (Wildman–Crippen LogP) is 9.62. The van der Waals surface area contributed by atoms with E-state index < -0.39 is 0 Å². The molecule has 10 rings (SSSR count). The van der Waals surface area contributed by atoms with Crippen LogP contribution >= 0.6 is 0 Å². The van der Waals surface area contributed by atoms with Crippen LogP contribution in [0.3, 0.4) is 0 Å². The molecule has 4 aliphatic rings. The number of aromatic nitrogens is 4. The van der Waals surface area contributed by atoms with Crippen LogP contribution in [-0.4, -0.2) is 27.7 Å². The van der Waals surface area contributed by atoms with Crippen molar-refractivity contribution in [1.29, 1.82) is 0 Å². The van der Waals surface area contributed by atoms with Crippen LogP contribution in [-0.2, 0) is 11.0 Å². The van der Waals surface area contributed by atoms with E-state index in [-0.39, 0.29) is 23.0 Å². The normalized spacial score (nSPS) is 24.8. The molecule has 0 spiro atoms. The lowest BCUT2D eigenvalue weighted by atomic mass is 9.39. The Kier molecular flexibility index (Phi) is 6.60. The van der Waals surface area contributed by atoms with Crippen molar-refractivity contribution < 1.29 is 4.57 Å². The van der Waals surface area contributed by atoms with Gasteiger partial charge in [0.2, 0.25) is 0 Å². The van der Waals surface area contributed by atoms with Gasteiger partial charge in [-0.25, -0.2) is 14.5 Å². The number of hydrogen-bond acceptors (Lipinski definition) is 4. The van der Waals surface area contributed by atoms with E-state index in [9.17, 15) is 0 Å². The third kappa shape index (κ3) is 3.72. The lowest BCUT2D eigenvalue weighted by Gasteiger charge is -2.66. The fraction of sp³-hybridized carbons (Fsp3) is 0.326. The van der Waals surface area contributed by atoms with Crippen LogP contribution < -0.4 is 14.4 Å².